The molecule has 0 radical (unpaired) electrons. The van der Waals surface area contributed by atoms with Gasteiger partial charge in [0, 0.05) is 6.04 Å². The average Bonchev–Trinajstić information content (AvgIpc) is 2.59. The minimum Gasteiger partial charge on any atom is -0.317 e. The molecular weight excluding hydrogens is 251 g/mol. The van der Waals surface area contributed by atoms with Gasteiger partial charge in [-0.15, -0.1) is 0 Å². The monoisotopic (exact) mass is 278 g/mol. The lowest BCUT2D eigenvalue weighted by Crippen LogP contribution is -2.35. The summed E-state index contributed by atoms with van der Waals surface area (Å²) in [5, 5.41) is 3.50. The van der Waals surface area contributed by atoms with Gasteiger partial charge in [-0.3, -0.25) is 4.90 Å². The Morgan fingerprint density at radius 3 is 2.85 bits per heavy atom. The normalized spacial score (nSPS) is 24.6. The van der Waals surface area contributed by atoms with Crippen molar-refractivity contribution in [1.82, 2.24) is 10.2 Å². The molecule has 0 saturated carbocycles. The van der Waals surface area contributed by atoms with Gasteiger partial charge >= 0.3 is 0 Å². The minimum absolute atomic E-state index is 0.134. The molecule has 20 heavy (non-hydrogen) atoms. The zero-order valence-corrected chi connectivity index (χ0v) is 13.0. The Balaban J connectivity index is 2.29. The Morgan fingerprint density at radius 2 is 2.15 bits per heavy atom. The lowest BCUT2D eigenvalue weighted by molar-refractivity contribution is 0.189. The van der Waals surface area contributed by atoms with Crippen LogP contribution in [0.3, 0.4) is 0 Å². The summed E-state index contributed by atoms with van der Waals surface area (Å²) in [4.78, 5) is 2.45. The van der Waals surface area contributed by atoms with Gasteiger partial charge in [-0.05, 0) is 75.6 Å². The molecule has 1 aromatic rings. The van der Waals surface area contributed by atoms with E-state index in [1.165, 1.54) is 24.8 Å². The molecule has 112 valence electrons. The summed E-state index contributed by atoms with van der Waals surface area (Å²) in [6, 6.07) is 5.65. The molecule has 2 rings (SSSR count). The average molecular weight is 278 g/mol. The molecule has 0 aromatic heterocycles. The Labute approximate surface area is 122 Å². The summed E-state index contributed by atoms with van der Waals surface area (Å²) in [5.41, 5.74) is 2.36. The van der Waals surface area contributed by atoms with Crippen molar-refractivity contribution in [3.8, 4) is 0 Å². The van der Waals surface area contributed by atoms with E-state index in [0.29, 0.717) is 12.0 Å². The van der Waals surface area contributed by atoms with Crippen molar-refractivity contribution < 1.29 is 4.39 Å². The summed E-state index contributed by atoms with van der Waals surface area (Å²) in [6.45, 7) is 7.36. The van der Waals surface area contributed by atoms with E-state index in [0.717, 1.165) is 25.2 Å². The molecule has 1 heterocycles. The Bertz CT molecular complexity index is 433. The number of hydrogen-bond acceptors (Lipinski definition) is 2. The second-order valence-corrected chi connectivity index (χ2v) is 5.99. The fourth-order valence-electron chi connectivity index (χ4n) is 3.43. The van der Waals surface area contributed by atoms with Crippen LogP contribution in [-0.4, -0.2) is 31.6 Å². The molecule has 0 aliphatic carbocycles. The molecule has 1 N–H and O–H groups in total. The maximum absolute atomic E-state index is 13.4. The third-order valence-corrected chi connectivity index (χ3v) is 4.46. The topological polar surface area (TPSA) is 15.3 Å². The van der Waals surface area contributed by atoms with E-state index in [-0.39, 0.29) is 5.82 Å². The highest BCUT2D eigenvalue weighted by Crippen LogP contribution is 2.35. The van der Waals surface area contributed by atoms with Crippen LogP contribution >= 0.6 is 0 Å². The van der Waals surface area contributed by atoms with E-state index in [4.69, 9.17) is 0 Å². The van der Waals surface area contributed by atoms with Crippen LogP contribution in [0.15, 0.2) is 18.2 Å². The number of halogens is 1. The highest BCUT2D eigenvalue weighted by atomic mass is 19.1. The molecule has 0 bridgehead atoms. The summed E-state index contributed by atoms with van der Waals surface area (Å²) in [5.74, 6) is 0.470. The fraction of sp³-hybridized carbons (Fsp3) is 0.647. The summed E-state index contributed by atoms with van der Waals surface area (Å²) in [7, 11) is 2.21. The highest BCUT2D eigenvalue weighted by molar-refractivity contribution is 5.30. The molecule has 2 atom stereocenters. The first-order chi connectivity index (χ1) is 9.63. The van der Waals surface area contributed by atoms with Crippen molar-refractivity contribution in [3.63, 3.8) is 0 Å². The van der Waals surface area contributed by atoms with Gasteiger partial charge in [-0.25, -0.2) is 4.39 Å². The SMILES string of the molecule is CCNCC1CCCCN(C)C1c1ccc(F)cc1C. The van der Waals surface area contributed by atoms with Crippen LogP contribution in [0.2, 0.25) is 0 Å². The molecule has 0 spiro atoms. The van der Waals surface area contributed by atoms with Crippen molar-refractivity contribution in [2.45, 2.75) is 39.2 Å². The van der Waals surface area contributed by atoms with E-state index in [1.807, 2.05) is 13.0 Å². The molecule has 1 saturated heterocycles. The molecule has 1 aliphatic heterocycles. The van der Waals surface area contributed by atoms with Gasteiger partial charge in [0.25, 0.3) is 0 Å². The van der Waals surface area contributed by atoms with Gasteiger partial charge in [0.05, 0.1) is 0 Å². The third kappa shape index (κ3) is 3.58. The standard InChI is InChI=1S/C17H27FN2/c1-4-19-12-14-7-5-6-10-20(3)17(14)16-9-8-15(18)11-13(16)2/h8-9,11,14,17,19H,4-7,10,12H2,1-3H3. The van der Waals surface area contributed by atoms with E-state index in [9.17, 15) is 4.39 Å². The third-order valence-electron chi connectivity index (χ3n) is 4.46. The zero-order chi connectivity index (χ0) is 14.5. The zero-order valence-electron chi connectivity index (χ0n) is 13.0. The quantitative estimate of drug-likeness (QED) is 0.906. The first-order valence-corrected chi connectivity index (χ1v) is 7.80. The number of rotatable bonds is 4. The molecule has 1 aromatic carbocycles. The van der Waals surface area contributed by atoms with Gasteiger partial charge in [-0.1, -0.05) is 19.4 Å². The van der Waals surface area contributed by atoms with Gasteiger partial charge in [0.15, 0.2) is 0 Å². The van der Waals surface area contributed by atoms with Crippen molar-refractivity contribution in [2.75, 3.05) is 26.7 Å². The predicted octanol–water partition coefficient (Wildman–Crippen LogP) is 3.52. The van der Waals surface area contributed by atoms with Crippen molar-refractivity contribution in [1.29, 1.82) is 0 Å². The number of benzene rings is 1. The largest absolute Gasteiger partial charge is 0.317 e. The van der Waals surface area contributed by atoms with E-state index in [2.05, 4.69) is 24.2 Å². The Kier molecular flexibility index (Phi) is 5.55. The Morgan fingerprint density at radius 1 is 1.35 bits per heavy atom. The number of aryl methyl sites for hydroxylation is 1. The van der Waals surface area contributed by atoms with E-state index in [1.54, 1.807) is 12.1 Å². The maximum Gasteiger partial charge on any atom is 0.123 e. The molecule has 2 nitrogen and oxygen atoms in total. The van der Waals surface area contributed by atoms with Crippen LogP contribution < -0.4 is 5.32 Å². The predicted molar refractivity (Wildman–Crippen MR) is 82.4 cm³/mol. The molecule has 3 heteroatoms. The van der Waals surface area contributed by atoms with Crippen LogP contribution in [0.1, 0.15) is 43.4 Å². The van der Waals surface area contributed by atoms with E-state index >= 15 is 0 Å². The summed E-state index contributed by atoms with van der Waals surface area (Å²) in [6.07, 6.45) is 3.80. The van der Waals surface area contributed by atoms with Crippen LogP contribution in [0, 0.1) is 18.7 Å². The summed E-state index contributed by atoms with van der Waals surface area (Å²) >= 11 is 0. The van der Waals surface area contributed by atoms with Crippen molar-refractivity contribution in [3.05, 3.63) is 35.1 Å². The van der Waals surface area contributed by atoms with Crippen molar-refractivity contribution in [2.24, 2.45) is 5.92 Å². The smallest absolute Gasteiger partial charge is 0.123 e. The lowest BCUT2D eigenvalue weighted by atomic mass is 9.87. The number of likely N-dealkylation sites (tertiary alicyclic amines) is 1. The second-order valence-electron chi connectivity index (χ2n) is 5.99. The van der Waals surface area contributed by atoms with Crippen LogP contribution in [0.5, 0.6) is 0 Å². The van der Waals surface area contributed by atoms with Crippen LogP contribution in [0.25, 0.3) is 0 Å². The van der Waals surface area contributed by atoms with Crippen LogP contribution in [-0.2, 0) is 0 Å². The van der Waals surface area contributed by atoms with Gasteiger partial charge in [0.1, 0.15) is 5.82 Å². The molecule has 1 fully saturated rings. The lowest BCUT2D eigenvalue weighted by Gasteiger charge is -2.34. The van der Waals surface area contributed by atoms with Gasteiger partial charge in [-0.2, -0.15) is 0 Å². The molecular formula is C17H27FN2. The number of hydrogen-bond donors (Lipinski definition) is 1. The first-order valence-electron chi connectivity index (χ1n) is 7.80. The van der Waals surface area contributed by atoms with E-state index < -0.39 is 0 Å². The molecule has 0 amide bonds. The fourth-order valence-corrected chi connectivity index (χ4v) is 3.43. The number of nitrogens with one attached hydrogen (secondary N) is 1. The van der Waals surface area contributed by atoms with Crippen molar-refractivity contribution >= 4 is 0 Å². The minimum atomic E-state index is -0.134. The first kappa shape index (κ1) is 15.5. The molecule has 1 aliphatic rings. The van der Waals surface area contributed by atoms with Crippen LogP contribution in [0.4, 0.5) is 4.39 Å². The van der Waals surface area contributed by atoms with Gasteiger partial charge < -0.3 is 5.32 Å². The summed E-state index contributed by atoms with van der Waals surface area (Å²) < 4.78 is 13.4. The highest BCUT2D eigenvalue weighted by Gasteiger charge is 2.29. The maximum atomic E-state index is 13.4. The van der Waals surface area contributed by atoms with Gasteiger partial charge in [0.2, 0.25) is 0 Å². The second kappa shape index (κ2) is 7.19. The number of nitrogens with zero attached hydrogens (tertiary/aromatic N) is 1. The Hall–Kier alpha value is -0.930. The molecule has 2 unspecified atom stereocenters.